The van der Waals surface area contributed by atoms with Gasteiger partial charge in [0.2, 0.25) is 0 Å². The third kappa shape index (κ3) is 3.53. The highest BCUT2D eigenvalue weighted by Crippen LogP contribution is 2.32. The molecule has 0 aliphatic heterocycles. The summed E-state index contributed by atoms with van der Waals surface area (Å²) in [6, 6.07) is 11.1. The molecule has 0 unspecified atom stereocenters. The molecule has 2 aromatic carbocycles. The van der Waals surface area contributed by atoms with Crippen LogP contribution < -0.4 is 0 Å². The molecule has 0 spiro atoms. The second kappa shape index (κ2) is 6.16. The molecule has 0 aliphatic carbocycles. The first-order valence-corrected chi connectivity index (χ1v) is 9.00. The highest BCUT2D eigenvalue weighted by molar-refractivity contribution is 7.99. The minimum Gasteiger partial charge on any atom is -0.224 e. The molecule has 6 heteroatoms. The standard InChI is InChI=1S/C14H12ClFO2S2/c1-20(17,18)14-8-3-2-7-13(14)19-9-10-11(15)5-4-6-12(10)16/h2-8H,9H2,1H3. The van der Waals surface area contributed by atoms with E-state index < -0.39 is 9.84 Å². The van der Waals surface area contributed by atoms with Gasteiger partial charge in [-0.2, -0.15) is 0 Å². The lowest BCUT2D eigenvalue weighted by Gasteiger charge is -2.09. The predicted octanol–water partition coefficient (Wildman–Crippen LogP) is 4.17. The van der Waals surface area contributed by atoms with E-state index in [-0.39, 0.29) is 16.5 Å². The molecule has 2 rings (SSSR count). The highest BCUT2D eigenvalue weighted by Gasteiger charge is 2.14. The summed E-state index contributed by atoms with van der Waals surface area (Å²) < 4.78 is 37.0. The van der Waals surface area contributed by atoms with Gasteiger partial charge < -0.3 is 0 Å². The van der Waals surface area contributed by atoms with Crippen LogP contribution in [0.15, 0.2) is 52.3 Å². The van der Waals surface area contributed by atoms with E-state index in [0.717, 1.165) is 6.26 Å². The van der Waals surface area contributed by atoms with Gasteiger partial charge in [0.05, 0.1) is 4.90 Å². The molecule has 0 heterocycles. The SMILES string of the molecule is CS(=O)(=O)c1ccccc1SCc1c(F)cccc1Cl. The quantitative estimate of drug-likeness (QED) is 0.789. The molecular formula is C14H12ClFO2S2. The van der Waals surface area contributed by atoms with Gasteiger partial charge in [-0.05, 0) is 24.3 Å². The Labute approximate surface area is 126 Å². The van der Waals surface area contributed by atoms with Crippen molar-refractivity contribution in [3.8, 4) is 0 Å². The molecule has 0 aliphatic rings. The van der Waals surface area contributed by atoms with Crippen molar-refractivity contribution in [1.29, 1.82) is 0 Å². The zero-order valence-corrected chi connectivity index (χ0v) is 13.0. The third-order valence-corrected chi connectivity index (χ3v) is 5.42. The normalized spacial score (nSPS) is 11.6. The lowest BCUT2D eigenvalue weighted by molar-refractivity contribution is 0.600. The van der Waals surface area contributed by atoms with Crippen LogP contribution in [-0.2, 0) is 15.6 Å². The van der Waals surface area contributed by atoms with Gasteiger partial charge in [-0.15, -0.1) is 11.8 Å². The Bertz CT molecular complexity index is 709. The van der Waals surface area contributed by atoms with Crippen molar-refractivity contribution in [2.75, 3.05) is 6.26 Å². The fourth-order valence-corrected chi connectivity index (χ4v) is 4.37. The zero-order valence-electron chi connectivity index (χ0n) is 10.6. The van der Waals surface area contributed by atoms with Crippen LogP contribution in [0.2, 0.25) is 5.02 Å². The molecule has 2 nitrogen and oxygen atoms in total. The minimum atomic E-state index is -3.31. The summed E-state index contributed by atoms with van der Waals surface area (Å²) in [7, 11) is -3.31. The van der Waals surface area contributed by atoms with Crippen molar-refractivity contribution in [2.24, 2.45) is 0 Å². The molecule has 0 atom stereocenters. The molecule has 20 heavy (non-hydrogen) atoms. The zero-order chi connectivity index (χ0) is 14.8. The Morgan fingerprint density at radius 2 is 1.85 bits per heavy atom. The number of rotatable bonds is 4. The van der Waals surface area contributed by atoms with E-state index in [4.69, 9.17) is 11.6 Å². The van der Waals surface area contributed by atoms with Crippen LogP contribution in [0.3, 0.4) is 0 Å². The number of thioether (sulfide) groups is 1. The molecule has 0 fully saturated rings. The van der Waals surface area contributed by atoms with Gasteiger partial charge in [0.15, 0.2) is 9.84 Å². The van der Waals surface area contributed by atoms with Gasteiger partial charge in [0, 0.05) is 27.5 Å². The summed E-state index contributed by atoms with van der Waals surface area (Å²) in [4.78, 5) is 0.840. The topological polar surface area (TPSA) is 34.1 Å². The van der Waals surface area contributed by atoms with Crippen LogP contribution in [-0.4, -0.2) is 14.7 Å². The molecule has 106 valence electrons. The van der Waals surface area contributed by atoms with E-state index in [9.17, 15) is 12.8 Å². The number of hydrogen-bond donors (Lipinski definition) is 0. The van der Waals surface area contributed by atoms with Crippen molar-refractivity contribution < 1.29 is 12.8 Å². The van der Waals surface area contributed by atoms with Gasteiger partial charge in [0.25, 0.3) is 0 Å². The molecular weight excluding hydrogens is 319 g/mol. The van der Waals surface area contributed by atoms with Crippen LogP contribution in [0.4, 0.5) is 4.39 Å². The summed E-state index contributed by atoms with van der Waals surface area (Å²) in [5, 5.41) is 0.342. The largest absolute Gasteiger partial charge is 0.224 e. The van der Waals surface area contributed by atoms with E-state index in [1.807, 2.05) is 0 Å². The Kier molecular flexibility index (Phi) is 4.73. The summed E-state index contributed by atoms with van der Waals surface area (Å²) in [5.41, 5.74) is 0.377. The molecule has 0 aromatic heterocycles. The molecule has 0 bridgehead atoms. The summed E-state index contributed by atoms with van der Waals surface area (Å²) >= 11 is 7.21. The van der Waals surface area contributed by atoms with Crippen molar-refractivity contribution in [1.82, 2.24) is 0 Å². The van der Waals surface area contributed by atoms with Crippen molar-refractivity contribution >= 4 is 33.2 Å². The molecule has 0 saturated carbocycles. The summed E-state index contributed by atoms with van der Waals surface area (Å²) in [5.74, 6) is -0.111. The fourth-order valence-electron chi connectivity index (χ4n) is 1.70. The van der Waals surface area contributed by atoms with Gasteiger partial charge in [0.1, 0.15) is 5.82 Å². The molecule has 0 N–H and O–H groups in total. The fraction of sp³-hybridized carbons (Fsp3) is 0.143. The maximum absolute atomic E-state index is 13.7. The van der Waals surface area contributed by atoms with Crippen LogP contribution in [0.1, 0.15) is 5.56 Å². The number of sulfone groups is 1. The van der Waals surface area contributed by atoms with Gasteiger partial charge in [-0.1, -0.05) is 29.8 Å². The van der Waals surface area contributed by atoms with Gasteiger partial charge in [-0.25, -0.2) is 12.8 Å². The van der Waals surface area contributed by atoms with Crippen molar-refractivity contribution in [3.63, 3.8) is 0 Å². The Hall–Kier alpha value is -1.04. The second-order valence-electron chi connectivity index (χ2n) is 4.21. The van der Waals surface area contributed by atoms with Crippen molar-refractivity contribution in [3.05, 3.63) is 58.9 Å². The molecule has 0 radical (unpaired) electrons. The van der Waals surface area contributed by atoms with E-state index in [0.29, 0.717) is 15.5 Å². The highest BCUT2D eigenvalue weighted by atomic mass is 35.5. The smallest absolute Gasteiger partial charge is 0.176 e. The average molecular weight is 331 g/mol. The average Bonchev–Trinajstić information content (AvgIpc) is 2.37. The summed E-state index contributed by atoms with van der Waals surface area (Å²) in [6.07, 6.45) is 1.16. The number of halogens is 2. The van der Waals surface area contributed by atoms with E-state index in [1.54, 1.807) is 30.3 Å². The third-order valence-electron chi connectivity index (χ3n) is 2.68. The number of benzene rings is 2. The van der Waals surface area contributed by atoms with E-state index in [1.165, 1.54) is 23.9 Å². The first-order valence-electron chi connectivity index (χ1n) is 5.74. The van der Waals surface area contributed by atoms with Gasteiger partial charge >= 0.3 is 0 Å². The lowest BCUT2D eigenvalue weighted by Crippen LogP contribution is -1.99. The van der Waals surface area contributed by atoms with E-state index >= 15 is 0 Å². The first kappa shape index (κ1) is 15.4. The molecule has 0 saturated heterocycles. The van der Waals surface area contributed by atoms with E-state index in [2.05, 4.69) is 0 Å². The number of hydrogen-bond acceptors (Lipinski definition) is 3. The predicted molar refractivity (Wildman–Crippen MR) is 80.5 cm³/mol. The van der Waals surface area contributed by atoms with Crippen LogP contribution in [0.25, 0.3) is 0 Å². The first-order chi connectivity index (χ1) is 9.39. The minimum absolute atomic E-state index is 0.248. The van der Waals surface area contributed by atoms with Crippen molar-refractivity contribution in [2.45, 2.75) is 15.5 Å². The molecule has 2 aromatic rings. The maximum atomic E-state index is 13.7. The van der Waals surface area contributed by atoms with Gasteiger partial charge in [-0.3, -0.25) is 0 Å². The molecule has 0 amide bonds. The summed E-state index contributed by atoms with van der Waals surface area (Å²) in [6.45, 7) is 0. The maximum Gasteiger partial charge on any atom is 0.176 e. The second-order valence-corrected chi connectivity index (χ2v) is 7.62. The Morgan fingerprint density at radius 3 is 2.50 bits per heavy atom. The Balaban J connectivity index is 2.29. The van der Waals surface area contributed by atoms with Crippen LogP contribution >= 0.6 is 23.4 Å². The monoisotopic (exact) mass is 330 g/mol. The Morgan fingerprint density at radius 1 is 1.15 bits per heavy atom. The van der Waals surface area contributed by atoms with Crippen LogP contribution in [0, 0.1) is 5.82 Å². The lowest BCUT2D eigenvalue weighted by atomic mass is 10.2. The van der Waals surface area contributed by atoms with Crippen LogP contribution in [0.5, 0.6) is 0 Å².